The Morgan fingerprint density at radius 3 is 2.19 bits per heavy atom. The molecular weight excluding hydrogens is 347 g/mol. The summed E-state index contributed by atoms with van der Waals surface area (Å²) in [6.07, 6.45) is -0.490. The molecule has 2 rings (SSSR count). The molecule has 0 radical (unpaired) electrons. The zero-order chi connectivity index (χ0) is 19.3. The van der Waals surface area contributed by atoms with Crippen molar-refractivity contribution in [1.82, 2.24) is 5.32 Å². The van der Waals surface area contributed by atoms with Crippen LogP contribution in [0.25, 0.3) is 0 Å². The molecule has 0 saturated carbocycles. The van der Waals surface area contributed by atoms with Gasteiger partial charge in [-0.2, -0.15) is 0 Å². The van der Waals surface area contributed by atoms with E-state index in [1.54, 1.807) is 6.92 Å². The number of hydrogen-bond acceptors (Lipinski definition) is 2. The summed E-state index contributed by atoms with van der Waals surface area (Å²) in [5.74, 6) is -4.08. The summed E-state index contributed by atoms with van der Waals surface area (Å²) in [7, 11) is 0. The van der Waals surface area contributed by atoms with E-state index in [2.05, 4.69) is 5.32 Å². The highest BCUT2D eigenvalue weighted by atomic mass is 19.1. The van der Waals surface area contributed by atoms with Gasteiger partial charge in [0.15, 0.2) is 0 Å². The molecule has 0 heterocycles. The summed E-state index contributed by atoms with van der Waals surface area (Å²) in [5, 5.41) is 11.6. The Labute approximate surface area is 148 Å². The van der Waals surface area contributed by atoms with E-state index in [9.17, 15) is 22.8 Å². The molecule has 4 nitrogen and oxygen atoms in total. The van der Waals surface area contributed by atoms with Gasteiger partial charge in [-0.25, -0.2) is 13.2 Å². The van der Waals surface area contributed by atoms with E-state index in [4.69, 9.17) is 5.11 Å². The number of carbonyl (C=O) groups excluding carboxylic acids is 1. The second-order valence-electron chi connectivity index (χ2n) is 6.04. The quantitative estimate of drug-likeness (QED) is 0.781. The van der Waals surface area contributed by atoms with Crippen LogP contribution in [0.15, 0.2) is 42.5 Å². The largest absolute Gasteiger partial charge is 0.481 e. The van der Waals surface area contributed by atoms with Gasteiger partial charge >= 0.3 is 5.97 Å². The number of aliphatic carboxylic acids is 1. The molecule has 0 spiro atoms. The van der Waals surface area contributed by atoms with E-state index in [1.807, 2.05) is 0 Å². The topological polar surface area (TPSA) is 66.4 Å². The van der Waals surface area contributed by atoms with Gasteiger partial charge in [0.05, 0.1) is 12.5 Å². The fraction of sp³-hybridized carbons (Fsp3) is 0.263. The van der Waals surface area contributed by atoms with Crippen molar-refractivity contribution in [1.29, 1.82) is 0 Å². The van der Waals surface area contributed by atoms with Crippen LogP contribution in [0.5, 0.6) is 0 Å². The van der Waals surface area contributed by atoms with E-state index in [0.29, 0.717) is 5.56 Å². The summed E-state index contributed by atoms with van der Waals surface area (Å²) < 4.78 is 39.8. The predicted molar refractivity (Wildman–Crippen MR) is 88.9 cm³/mol. The van der Waals surface area contributed by atoms with Crippen LogP contribution in [-0.2, 0) is 9.59 Å². The Kier molecular flexibility index (Phi) is 6.38. The maximum atomic E-state index is 13.8. The highest BCUT2D eigenvalue weighted by Crippen LogP contribution is 2.24. The van der Waals surface area contributed by atoms with Gasteiger partial charge in [-0.05, 0) is 35.2 Å². The third kappa shape index (κ3) is 5.34. The molecule has 2 unspecified atom stereocenters. The van der Waals surface area contributed by atoms with Crippen molar-refractivity contribution < 1.29 is 27.9 Å². The zero-order valence-corrected chi connectivity index (χ0v) is 14.0. The molecule has 0 aliphatic carbocycles. The fourth-order valence-corrected chi connectivity index (χ4v) is 2.66. The van der Waals surface area contributed by atoms with Crippen molar-refractivity contribution in [2.24, 2.45) is 0 Å². The van der Waals surface area contributed by atoms with Gasteiger partial charge in [-0.1, -0.05) is 25.1 Å². The molecule has 2 N–H and O–H groups in total. The van der Waals surface area contributed by atoms with E-state index < -0.39 is 41.3 Å². The molecule has 2 aromatic carbocycles. The average Bonchev–Trinajstić information content (AvgIpc) is 2.54. The van der Waals surface area contributed by atoms with Crippen LogP contribution in [0.2, 0.25) is 0 Å². The minimum atomic E-state index is -1.13. The van der Waals surface area contributed by atoms with Gasteiger partial charge in [-0.15, -0.1) is 0 Å². The number of hydrogen-bond donors (Lipinski definition) is 2. The van der Waals surface area contributed by atoms with E-state index in [0.717, 1.165) is 12.1 Å². The fourth-order valence-electron chi connectivity index (χ4n) is 2.66. The van der Waals surface area contributed by atoms with E-state index in [-0.39, 0.29) is 18.4 Å². The lowest BCUT2D eigenvalue weighted by Crippen LogP contribution is -2.31. The molecule has 138 valence electrons. The Morgan fingerprint density at radius 2 is 1.62 bits per heavy atom. The standard InChI is InChI=1S/C19H18F3NO3/c1-11(15-7-6-14(21)9-16(15)22)8-18(24)23-17(10-19(25)26)12-2-4-13(20)5-3-12/h2-7,9,11,17H,8,10H2,1H3,(H,23,24)(H,25,26). The van der Waals surface area contributed by atoms with Crippen LogP contribution < -0.4 is 5.32 Å². The maximum absolute atomic E-state index is 13.8. The molecule has 7 heteroatoms. The Balaban J connectivity index is 2.08. The number of nitrogens with one attached hydrogen (secondary N) is 1. The van der Waals surface area contributed by atoms with Crippen LogP contribution in [0.4, 0.5) is 13.2 Å². The number of carboxylic acid groups (broad SMARTS) is 1. The van der Waals surface area contributed by atoms with Crippen LogP contribution in [0, 0.1) is 17.5 Å². The molecule has 1 amide bonds. The minimum absolute atomic E-state index is 0.111. The first-order valence-corrected chi connectivity index (χ1v) is 7.98. The third-order valence-electron chi connectivity index (χ3n) is 3.97. The number of benzene rings is 2. The smallest absolute Gasteiger partial charge is 0.305 e. The van der Waals surface area contributed by atoms with Crippen molar-refractivity contribution in [3.63, 3.8) is 0 Å². The number of carboxylic acids is 1. The summed E-state index contributed by atoms with van der Waals surface area (Å²) >= 11 is 0. The molecule has 0 aromatic heterocycles. The lowest BCUT2D eigenvalue weighted by atomic mass is 9.96. The van der Waals surface area contributed by atoms with Crippen LogP contribution in [0.3, 0.4) is 0 Å². The average molecular weight is 365 g/mol. The van der Waals surface area contributed by atoms with Crippen molar-refractivity contribution in [3.05, 3.63) is 71.0 Å². The molecule has 2 atom stereocenters. The number of rotatable bonds is 7. The minimum Gasteiger partial charge on any atom is -0.481 e. The van der Waals surface area contributed by atoms with Gasteiger partial charge in [0.25, 0.3) is 0 Å². The lowest BCUT2D eigenvalue weighted by molar-refractivity contribution is -0.137. The summed E-state index contributed by atoms with van der Waals surface area (Å²) in [5.41, 5.74) is 0.640. The first-order chi connectivity index (χ1) is 12.3. The van der Waals surface area contributed by atoms with Gasteiger partial charge in [0.2, 0.25) is 5.91 Å². The molecule has 26 heavy (non-hydrogen) atoms. The first kappa shape index (κ1) is 19.5. The van der Waals surface area contributed by atoms with Crippen LogP contribution >= 0.6 is 0 Å². The predicted octanol–water partition coefficient (Wildman–Crippen LogP) is 3.93. The summed E-state index contributed by atoms with van der Waals surface area (Å²) in [4.78, 5) is 23.3. The zero-order valence-electron chi connectivity index (χ0n) is 14.0. The normalized spacial score (nSPS) is 13.1. The highest BCUT2D eigenvalue weighted by molar-refractivity contribution is 5.78. The second-order valence-corrected chi connectivity index (χ2v) is 6.04. The van der Waals surface area contributed by atoms with Crippen LogP contribution in [-0.4, -0.2) is 17.0 Å². The number of halogens is 3. The molecular formula is C19H18F3NO3. The molecule has 0 saturated heterocycles. The number of amides is 1. The Bertz CT molecular complexity index is 793. The second kappa shape index (κ2) is 8.51. The molecule has 0 bridgehead atoms. The molecule has 2 aromatic rings. The first-order valence-electron chi connectivity index (χ1n) is 7.98. The third-order valence-corrected chi connectivity index (χ3v) is 3.97. The van der Waals surface area contributed by atoms with Crippen LogP contribution in [0.1, 0.15) is 42.9 Å². The maximum Gasteiger partial charge on any atom is 0.305 e. The summed E-state index contributed by atoms with van der Waals surface area (Å²) in [6.45, 7) is 1.61. The van der Waals surface area contributed by atoms with Crippen molar-refractivity contribution in [3.8, 4) is 0 Å². The van der Waals surface area contributed by atoms with E-state index in [1.165, 1.54) is 30.3 Å². The van der Waals surface area contributed by atoms with E-state index >= 15 is 0 Å². The SMILES string of the molecule is CC(CC(=O)NC(CC(=O)O)c1ccc(F)cc1)c1ccc(F)cc1F. The lowest BCUT2D eigenvalue weighted by Gasteiger charge is -2.19. The molecule has 0 aliphatic heterocycles. The Morgan fingerprint density at radius 1 is 1.00 bits per heavy atom. The van der Waals surface area contributed by atoms with Gasteiger partial charge < -0.3 is 10.4 Å². The highest BCUT2D eigenvalue weighted by Gasteiger charge is 2.21. The van der Waals surface area contributed by atoms with Gasteiger partial charge in [0, 0.05) is 12.5 Å². The van der Waals surface area contributed by atoms with Crippen molar-refractivity contribution in [2.75, 3.05) is 0 Å². The van der Waals surface area contributed by atoms with Crippen molar-refractivity contribution >= 4 is 11.9 Å². The molecule has 0 fully saturated rings. The monoisotopic (exact) mass is 365 g/mol. The van der Waals surface area contributed by atoms with Crippen molar-refractivity contribution in [2.45, 2.75) is 31.7 Å². The Hall–Kier alpha value is -2.83. The number of carbonyl (C=O) groups is 2. The molecule has 0 aliphatic rings. The van der Waals surface area contributed by atoms with Gasteiger partial charge in [-0.3, -0.25) is 9.59 Å². The van der Waals surface area contributed by atoms with Gasteiger partial charge in [0.1, 0.15) is 17.5 Å². The summed E-state index contributed by atoms with van der Waals surface area (Å²) in [6, 6.07) is 7.43.